The molecule has 0 atom stereocenters. The number of benzene rings is 2. The van der Waals surface area contributed by atoms with Crippen LogP contribution in [0.1, 0.15) is 11.1 Å². The Morgan fingerprint density at radius 2 is 1.15 bits per heavy atom. The zero-order chi connectivity index (χ0) is 19.5. The molecule has 0 aromatic heterocycles. The van der Waals surface area contributed by atoms with E-state index in [0.29, 0.717) is 0 Å². The molecule has 0 saturated heterocycles. The van der Waals surface area contributed by atoms with E-state index in [1.807, 2.05) is 12.1 Å². The molecule has 10 heteroatoms. The molecule has 0 aliphatic carbocycles. The quantitative estimate of drug-likeness (QED) is 0.320. The van der Waals surface area contributed by atoms with Gasteiger partial charge in [0, 0.05) is 22.9 Å². The van der Waals surface area contributed by atoms with Crippen LogP contribution < -0.4 is 10.6 Å². The molecule has 0 spiro atoms. The monoisotopic (exact) mass is 364 g/mol. The van der Waals surface area contributed by atoms with Crippen molar-refractivity contribution in [1.82, 2.24) is 10.6 Å². The van der Waals surface area contributed by atoms with E-state index in [1.54, 1.807) is 48.5 Å². The van der Waals surface area contributed by atoms with E-state index in [1.165, 1.54) is 0 Å². The van der Waals surface area contributed by atoms with E-state index in [4.69, 9.17) is 11.1 Å². The van der Waals surface area contributed by atoms with Gasteiger partial charge in [0.25, 0.3) is 5.66 Å². The summed E-state index contributed by atoms with van der Waals surface area (Å²) in [5.41, 5.74) is 16.5. The van der Waals surface area contributed by atoms with Gasteiger partial charge < -0.3 is 10.6 Å². The van der Waals surface area contributed by atoms with Gasteiger partial charge in [-0.25, -0.2) is 0 Å². The number of hydrogen-bond acceptors (Lipinski definition) is 4. The smallest absolute Gasteiger partial charge is 0.282 e. The van der Waals surface area contributed by atoms with Crippen LogP contribution in [0.5, 0.6) is 0 Å². The van der Waals surface area contributed by atoms with Crippen molar-refractivity contribution in [3.8, 4) is 0 Å². The molecule has 0 fully saturated rings. The summed E-state index contributed by atoms with van der Waals surface area (Å²) in [5, 5.41) is 11.3. The highest BCUT2D eigenvalue weighted by atomic mass is 16.2. The normalized spacial score (nSPS) is 10.1. The number of carbonyl (C=O) groups excluding carboxylic acids is 2. The fourth-order valence-electron chi connectivity index (χ4n) is 2.24. The molecule has 27 heavy (non-hydrogen) atoms. The number of hydrogen-bond donors (Lipinski definition) is 2. The molecule has 2 amide bonds. The minimum atomic E-state index is -2.60. The second-order valence-electron chi connectivity index (χ2n) is 5.39. The first kappa shape index (κ1) is 19.3. The molecule has 10 nitrogen and oxygen atoms in total. The molecule has 0 heterocycles. The lowest BCUT2D eigenvalue weighted by molar-refractivity contribution is -0.137. The number of amides is 2. The number of carbonyl (C=O) groups is 2. The number of nitrogens with one attached hydrogen (secondary N) is 2. The number of azide groups is 1. The second kappa shape index (κ2) is 9.47. The molecule has 0 aliphatic heterocycles. The molecule has 2 aromatic carbocycles. The van der Waals surface area contributed by atoms with Gasteiger partial charge in [0.05, 0.1) is 0 Å². The van der Waals surface area contributed by atoms with E-state index in [2.05, 4.69) is 30.7 Å². The van der Waals surface area contributed by atoms with Crippen molar-refractivity contribution in [1.29, 1.82) is 0 Å². The molecule has 0 unspecified atom stereocenters. The Hall–Kier alpha value is -4.00. The summed E-state index contributed by atoms with van der Waals surface area (Å²) < 4.78 is 0. The molecule has 2 aromatic rings. The maximum absolute atomic E-state index is 12.6. The lowest BCUT2D eigenvalue weighted by atomic mass is 10.1. The first-order chi connectivity index (χ1) is 13.1. The van der Waals surface area contributed by atoms with E-state index >= 15 is 0 Å². The third-order valence-corrected chi connectivity index (χ3v) is 3.60. The van der Waals surface area contributed by atoms with Crippen molar-refractivity contribution < 1.29 is 9.59 Å². The highest BCUT2D eigenvalue weighted by Crippen LogP contribution is 2.16. The van der Waals surface area contributed by atoms with Gasteiger partial charge in [0.1, 0.15) is 0 Å². The number of rotatable bonds is 8. The van der Waals surface area contributed by atoms with Gasteiger partial charge >= 0.3 is 0 Å². The predicted octanol–water partition coefficient (Wildman–Crippen LogP) is 2.94. The van der Waals surface area contributed by atoms with Crippen molar-refractivity contribution in [3.63, 3.8) is 0 Å². The Morgan fingerprint density at radius 3 is 1.48 bits per heavy atom. The van der Waals surface area contributed by atoms with Crippen molar-refractivity contribution in [2.24, 2.45) is 10.2 Å². The lowest BCUT2D eigenvalue weighted by Crippen LogP contribution is -2.54. The molecule has 0 radical (unpaired) electrons. The standard InChI is InChI=1S/C17H16N8O2/c18-24-22-17(23-25-19,15(26)20-11-13-7-3-1-4-8-13)16(27)21-12-14-9-5-2-6-10-14/h1-10H,11-12H2,(H,20,26)(H,21,27). The van der Waals surface area contributed by atoms with Crippen LogP contribution in [0.4, 0.5) is 0 Å². The van der Waals surface area contributed by atoms with Gasteiger partial charge in [-0.3, -0.25) is 9.59 Å². The SMILES string of the molecule is [N-]=[N+]=NC(N=[N+]=[N-])(C(=O)NCc1ccccc1)C(=O)NCc1ccccc1. The van der Waals surface area contributed by atoms with Gasteiger partial charge in [0.15, 0.2) is 0 Å². The van der Waals surface area contributed by atoms with Gasteiger partial charge in [-0.1, -0.05) is 70.9 Å². The maximum Gasteiger partial charge on any atom is 0.282 e. The predicted molar refractivity (Wildman–Crippen MR) is 97.6 cm³/mol. The van der Waals surface area contributed by atoms with Crippen molar-refractivity contribution in [2.45, 2.75) is 18.8 Å². The fraction of sp³-hybridized carbons (Fsp3) is 0.176. The summed E-state index contributed by atoms with van der Waals surface area (Å²) in [7, 11) is 0. The van der Waals surface area contributed by atoms with Crippen LogP contribution in [0, 0.1) is 0 Å². The van der Waals surface area contributed by atoms with Gasteiger partial charge in [-0.05, 0) is 22.2 Å². The van der Waals surface area contributed by atoms with E-state index in [-0.39, 0.29) is 13.1 Å². The summed E-state index contributed by atoms with van der Waals surface area (Å²) in [4.78, 5) is 30.2. The maximum atomic E-state index is 12.6. The molecule has 2 N–H and O–H groups in total. The summed E-state index contributed by atoms with van der Waals surface area (Å²) in [6.45, 7) is 0.130. The van der Waals surface area contributed by atoms with E-state index < -0.39 is 17.5 Å². The zero-order valence-electron chi connectivity index (χ0n) is 14.2. The van der Waals surface area contributed by atoms with Crippen molar-refractivity contribution in [3.05, 3.63) is 92.7 Å². The lowest BCUT2D eigenvalue weighted by Gasteiger charge is -2.21. The average molecular weight is 364 g/mol. The number of nitrogens with zero attached hydrogens (tertiary/aromatic N) is 6. The average Bonchev–Trinajstić information content (AvgIpc) is 2.71. The second-order valence-corrected chi connectivity index (χ2v) is 5.39. The molecule has 0 bridgehead atoms. The first-order valence-corrected chi connectivity index (χ1v) is 7.89. The molecular weight excluding hydrogens is 348 g/mol. The van der Waals surface area contributed by atoms with Crippen LogP contribution in [-0.2, 0) is 22.7 Å². The van der Waals surface area contributed by atoms with Crippen LogP contribution in [0.25, 0.3) is 20.9 Å². The van der Waals surface area contributed by atoms with Gasteiger partial charge in [-0.15, -0.1) is 0 Å². The Balaban J connectivity index is 2.19. The van der Waals surface area contributed by atoms with Crippen LogP contribution in [0.2, 0.25) is 0 Å². The summed E-state index contributed by atoms with van der Waals surface area (Å²) >= 11 is 0. The minimum Gasteiger partial charge on any atom is -0.351 e. The van der Waals surface area contributed by atoms with Crippen LogP contribution in [-0.4, -0.2) is 17.5 Å². The third kappa shape index (κ3) is 4.99. The largest absolute Gasteiger partial charge is 0.351 e. The van der Waals surface area contributed by atoms with Gasteiger partial charge in [-0.2, -0.15) is 0 Å². The van der Waals surface area contributed by atoms with Crippen LogP contribution >= 0.6 is 0 Å². The van der Waals surface area contributed by atoms with Gasteiger partial charge in [0.2, 0.25) is 11.8 Å². The third-order valence-electron chi connectivity index (χ3n) is 3.60. The molecule has 0 saturated carbocycles. The summed E-state index contributed by atoms with van der Waals surface area (Å²) in [5.74, 6) is -2.04. The molecule has 2 rings (SSSR count). The Kier molecular flexibility index (Phi) is 6.78. The topological polar surface area (TPSA) is 156 Å². The first-order valence-electron chi connectivity index (χ1n) is 7.89. The van der Waals surface area contributed by atoms with Crippen molar-refractivity contribution in [2.75, 3.05) is 0 Å². The highest BCUT2D eigenvalue weighted by molar-refractivity contribution is 6.09. The summed E-state index contributed by atoms with van der Waals surface area (Å²) in [6.07, 6.45) is 0. The fourth-order valence-corrected chi connectivity index (χ4v) is 2.24. The van der Waals surface area contributed by atoms with Crippen molar-refractivity contribution >= 4 is 11.8 Å². The van der Waals surface area contributed by atoms with Crippen LogP contribution in [0.3, 0.4) is 0 Å². The zero-order valence-corrected chi connectivity index (χ0v) is 14.2. The van der Waals surface area contributed by atoms with E-state index in [9.17, 15) is 9.59 Å². The molecule has 0 aliphatic rings. The highest BCUT2D eigenvalue weighted by Gasteiger charge is 2.45. The Labute approximate surface area is 154 Å². The molecular formula is C17H16N8O2. The molecule has 136 valence electrons. The van der Waals surface area contributed by atoms with Crippen LogP contribution in [0.15, 0.2) is 70.9 Å². The Morgan fingerprint density at radius 1 is 0.778 bits per heavy atom. The van der Waals surface area contributed by atoms with E-state index in [0.717, 1.165) is 11.1 Å². The minimum absolute atomic E-state index is 0.0648. The Bertz CT molecular complexity index is 812. The summed E-state index contributed by atoms with van der Waals surface area (Å²) in [6, 6.07) is 17.8.